The van der Waals surface area contributed by atoms with E-state index in [1.807, 2.05) is 0 Å². The number of nitrogens with two attached hydrogens (primary N) is 1. The molecule has 1 atom stereocenters. The van der Waals surface area contributed by atoms with Gasteiger partial charge in [0.1, 0.15) is 0 Å². The van der Waals surface area contributed by atoms with Gasteiger partial charge in [0, 0.05) is 4.92 Å². The molecule has 0 spiro atoms. The number of carboxylic acid groups (broad SMARTS) is 1. The van der Waals surface area contributed by atoms with Crippen molar-refractivity contribution in [3.63, 3.8) is 0 Å². The smallest absolute Gasteiger partial charge is 0.335 e. The van der Waals surface area contributed by atoms with Crippen LogP contribution in [0.15, 0.2) is 24.3 Å². The van der Waals surface area contributed by atoms with Crippen LogP contribution in [0.2, 0.25) is 0 Å². The highest BCUT2D eigenvalue weighted by atomic mass is 16.6. The molecular weight excluding hydrogens is 200 g/mol. The van der Waals surface area contributed by atoms with Crippen molar-refractivity contribution in [1.29, 1.82) is 0 Å². The third kappa shape index (κ3) is 3.03. The fourth-order valence-electron chi connectivity index (χ4n) is 1.15. The minimum absolute atomic E-state index is 0.0219. The first-order valence-corrected chi connectivity index (χ1v) is 4.22. The number of hydrogen-bond donors (Lipinski definition) is 2. The third-order valence-electron chi connectivity index (χ3n) is 1.89. The average Bonchev–Trinajstić information content (AvgIpc) is 2.18. The first-order valence-electron chi connectivity index (χ1n) is 4.22. The molecule has 0 heterocycles. The van der Waals surface area contributed by atoms with Gasteiger partial charge in [-0.1, -0.05) is 12.1 Å². The van der Waals surface area contributed by atoms with Gasteiger partial charge in [0.15, 0.2) is 0 Å². The lowest BCUT2D eigenvalue weighted by Crippen LogP contribution is -2.31. The van der Waals surface area contributed by atoms with Gasteiger partial charge in [-0.15, -0.1) is 0 Å². The first kappa shape index (κ1) is 11.1. The molecule has 3 N–H and O–H groups in total. The van der Waals surface area contributed by atoms with Crippen molar-refractivity contribution in [2.75, 3.05) is 0 Å². The van der Waals surface area contributed by atoms with E-state index in [0.717, 1.165) is 0 Å². The summed E-state index contributed by atoms with van der Waals surface area (Å²) < 4.78 is 0. The fraction of sp³-hybridized carbons (Fsp3) is 0.222. The summed E-state index contributed by atoms with van der Waals surface area (Å²) in [5, 5.41) is 19.0. The maximum Gasteiger partial charge on any atom is 0.335 e. The molecule has 6 nitrogen and oxygen atoms in total. The second kappa shape index (κ2) is 4.52. The molecule has 0 amide bonds. The molecule has 0 aromatic heterocycles. The van der Waals surface area contributed by atoms with Crippen LogP contribution >= 0.6 is 0 Å². The van der Waals surface area contributed by atoms with Crippen LogP contribution < -0.4 is 5.73 Å². The van der Waals surface area contributed by atoms with E-state index in [-0.39, 0.29) is 12.0 Å². The lowest BCUT2D eigenvalue weighted by Gasteiger charge is -2.04. The third-order valence-corrected chi connectivity index (χ3v) is 1.89. The van der Waals surface area contributed by atoms with Crippen molar-refractivity contribution < 1.29 is 14.8 Å². The van der Waals surface area contributed by atoms with Gasteiger partial charge in [-0.25, -0.2) is 4.79 Å². The number of carboxylic acids is 1. The number of rotatable bonds is 4. The second-order valence-electron chi connectivity index (χ2n) is 3.06. The number of nitro groups is 1. The highest BCUT2D eigenvalue weighted by Crippen LogP contribution is 2.07. The van der Waals surface area contributed by atoms with Crippen LogP contribution in [0.3, 0.4) is 0 Å². The van der Waals surface area contributed by atoms with Crippen molar-refractivity contribution >= 4 is 5.97 Å². The molecule has 15 heavy (non-hydrogen) atoms. The summed E-state index contributed by atoms with van der Waals surface area (Å²) >= 11 is 0. The van der Waals surface area contributed by atoms with Crippen LogP contribution in [-0.4, -0.2) is 22.2 Å². The number of carbonyl (C=O) groups is 1. The highest BCUT2D eigenvalue weighted by molar-refractivity contribution is 5.87. The van der Waals surface area contributed by atoms with Gasteiger partial charge in [0.25, 0.3) is 6.17 Å². The molecule has 0 aliphatic rings. The summed E-state index contributed by atoms with van der Waals surface area (Å²) in [6.07, 6.45) is -1.18. The SMILES string of the molecule is NC(Cc1cccc(C(=O)O)c1)[N+](=O)[O-]. The Morgan fingerprint density at radius 3 is 2.80 bits per heavy atom. The standard InChI is InChI=1S/C9H10N2O4/c10-8(11(14)15)5-6-2-1-3-7(4-6)9(12)13/h1-4,8H,5,10H2,(H,12,13). The molecule has 1 aromatic carbocycles. The molecule has 0 radical (unpaired) electrons. The predicted molar refractivity (Wildman–Crippen MR) is 52.1 cm³/mol. The predicted octanol–water partition coefficient (Wildman–Crippen LogP) is 0.489. The zero-order chi connectivity index (χ0) is 11.4. The summed E-state index contributed by atoms with van der Waals surface area (Å²) in [7, 11) is 0. The zero-order valence-corrected chi connectivity index (χ0v) is 7.79. The second-order valence-corrected chi connectivity index (χ2v) is 3.06. The Morgan fingerprint density at radius 1 is 1.60 bits per heavy atom. The largest absolute Gasteiger partial charge is 0.478 e. The van der Waals surface area contributed by atoms with Gasteiger partial charge in [-0.05, 0) is 17.7 Å². The molecule has 6 heteroatoms. The van der Waals surface area contributed by atoms with E-state index in [2.05, 4.69) is 0 Å². The number of hydrogen-bond acceptors (Lipinski definition) is 4. The van der Waals surface area contributed by atoms with E-state index in [4.69, 9.17) is 10.8 Å². The van der Waals surface area contributed by atoms with E-state index >= 15 is 0 Å². The molecule has 1 rings (SSSR count). The fourth-order valence-corrected chi connectivity index (χ4v) is 1.15. The van der Waals surface area contributed by atoms with Crippen LogP contribution in [0.1, 0.15) is 15.9 Å². The van der Waals surface area contributed by atoms with Gasteiger partial charge in [0.05, 0.1) is 12.0 Å². The molecule has 1 aromatic rings. The quantitative estimate of drug-likeness (QED) is 0.427. The molecule has 1 unspecified atom stereocenters. The molecular formula is C9H10N2O4. The Balaban J connectivity index is 2.82. The van der Waals surface area contributed by atoms with Crippen LogP contribution in [0.5, 0.6) is 0 Å². The normalized spacial score (nSPS) is 12.1. The number of benzene rings is 1. The minimum Gasteiger partial charge on any atom is -0.478 e. The van der Waals surface area contributed by atoms with Crippen LogP contribution in [-0.2, 0) is 6.42 Å². The molecule has 80 valence electrons. The lowest BCUT2D eigenvalue weighted by molar-refractivity contribution is -0.520. The van der Waals surface area contributed by atoms with Gasteiger partial charge in [-0.2, -0.15) is 0 Å². The van der Waals surface area contributed by atoms with E-state index < -0.39 is 17.1 Å². The van der Waals surface area contributed by atoms with Crippen molar-refractivity contribution in [2.45, 2.75) is 12.6 Å². The van der Waals surface area contributed by atoms with Gasteiger partial charge in [0.2, 0.25) is 0 Å². The van der Waals surface area contributed by atoms with E-state index in [9.17, 15) is 14.9 Å². The number of aromatic carboxylic acids is 1. The van der Waals surface area contributed by atoms with Crippen molar-refractivity contribution in [3.05, 3.63) is 45.5 Å². The van der Waals surface area contributed by atoms with Crippen LogP contribution in [0, 0.1) is 10.1 Å². The van der Waals surface area contributed by atoms with Crippen molar-refractivity contribution in [1.82, 2.24) is 0 Å². The van der Waals surface area contributed by atoms with Crippen molar-refractivity contribution in [2.24, 2.45) is 5.73 Å². The maximum atomic E-state index is 10.6. The minimum atomic E-state index is -1.20. The van der Waals surface area contributed by atoms with Gasteiger partial charge < -0.3 is 5.11 Å². The topological polar surface area (TPSA) is 106 Å². The highest BCUT2D eigenvalue weighted by Gasteiger charge is 2.14. The summed E-state index contributed by atoms with van der Waals surface area (Å²) in [4.78, 5) is 20.3. The monoisotopic (exact) mass is 210 g/mol. The van der Waals surface area contributed by atoms with E-state index in [1.165, 1.54) is 18.2 Å². The summed E-state index contributed by atoms with van der Waals surface area (Å²) in [5.74, 6) is -1.06. The molecule has 0 fully saturated rings. The van der Waals surface area contributed by atoms with Crippen LogP contribution in [0.25, 0.3) is 0 Å². The summed E-state index contributed by atoms with van der Waals surface area (Å²) in [5.41, 5.74) is 5.87. The molecule has 0 aliphatic heterocycles. The van der Waals surface area contributed by atoms with E-state index in [1.54, 1.807) is 6.07 Å². The Hall–Kier alpha value is -1.95. The van der Waals surface area contributed by atoms with Crippen molar-refractivity contribution in [3.8, 4) is 0 Å². The summed E-state index contributed by atoms with van der Waals surface area (Å²) in [6.45, 7) is 0. The molecule has 0 saturated carbocycles. The average molecular weight is 210 g/mol. The van der Waals surface area contributed by atoms with Gasteiger partial charge in [-0.3, -0.25) is 15.8 Å². The van der Waals surface area contributed by atoms with Crippen LogP contribution in [0.4, 0.5) is 0 Å². The maximum absolute atomic E-state index is 10.6. The number of nitrogens with zero attached hydrogens (tertiary/aromatic N) is 1. The molecule has 0 aliphatic carbocycles. The Kier molecular flexibility index (Phi) is 3.35. The lowest BCUT2D eigenvalue weighted by atomic mass is 10.1. The molecule has 0 bridgehead atoms. The summed E-state index contributed by atoms with van der Waals surface area (Å²) in [6, 6.07) is 5.94. The van der Waals surface area contributed by atoms with Gasteiger partial charge >= 0.3 is 5.97 Å². The Morgan fingerprint density at radius 2 is 2.27 bits per heavy atom. The Bertz CT molecular complexity index is 391. The molecule has 0 saturated heterocycles. The van der Waals surface area contributed by atoms with E-state index in [0.29, 0.717) is 5.56 Å². The first-order chi connectivity index (χ1) is 7.00. The zero-order valence-electron chi connectivity index (χ0n) is 7.79. The Labute approximate surface area is 85.5 Å².